The maximum absolute atomic E-state index is 4.15. The van der Waals surface area contributed by atoms with Crippen LogP contribution in [0.4, 0.5) is 0 Å². The predicted molar refractivity (Wildman–Crippen MR) is 199 cm³/mol. The van der Waals surface area contributed by atoms with Crippen LogP contribution in [0, 0.1) is 17.8 Å². The Morgan fingerprint density at radius 2 is 1.27 bits per heavy atom. The van der Waals surface area contributed by atoms with Gasteiger partial charge in [-0.15, -0.1) is 13.2 Å². The molecule has 41 heavy (non-hydrogen) atoms. The normalized spacial score (nSPS) is 16.1. The van der Waals surface area contributed by atoms with Gasteiger partial charge in [-0.1, -0.05) is 136 Å². The summed E-state index contributed by atoms with van der Waals surface area (Å²) in [6.45, 7) is 51.1. The molecule has 0 heterocycles. The molecule has 0 aromatic rings. The Labute approximate surface area is 263 Å². The maximum atomic E-state index is 4.15. The third-order valence-electron chi connectivity index (χ3n) is 7.65. The topological polar surface area (TPSA) is 0 Å². The maximum Gasteiger partial charge on any atom is -0.0245 e. The summed E-state index contributed by atoms with van der Waals surface area (Å²) in [7, 11) is 0. The SMILES string of the molecule is C=C.C=C(CC)/C(=C\C)C(C)=C(C)C.C=C1CCC(C)C/C1=C/C(C)=C(C)C.CC.CCC.CCC(C)C(C)CC. The van der Waals surface area contributed by atoms with E-state index in [0.29, 0.717) is 0 Å². The first-order valence-electron chi connectivity index (χ1n) is 16.7. The summed E-state index contributed by atoms with van der Waals surface area (Å²) in [4.78, 5) is 0. The molecule has 3 atom stereocenters. The Balaban J connectivity index is -0.000000146. The zero-order chi connectivity index (χ0) is 33.7. The molecule has 0 nitrogen and oxygen atoms in total. The van der Waals surface area contributed by atoms with Gasteiger partial charge in [0.05, 0.1) is 0 Å². The van der Waals surface area contributed by atoms with Crippen LogP contribution in [0.25, 0.3) is 0 Å². The fourth-order valence-corrected chi connectivity index (χ4v) is 3.72. The summed E-state index contributed by atoms with van der Waals surface area (Å²) in [5, 5.41) is 0. The van der Waals surface area contributed by atoms with E-state index in [0.717, 1.165) is 24.2 Å². The van der Waals surface area contributed by atoms with Crippen LogP contribution in [-0.4, -0.2) is 0 Å². The highest BCUT2D eigenvalue weighted by Crippen LogP contribution is 2.32. The van der Waals surface area contributed by atoms with E-state index in [4.69, 9.17) is 0 Å². The van der Waals surface area contributed by atoms with Gasteiger partial charge in [0.15, 0.2) is 0 Å². The summed E-state index contributed by atoms with van der Waals surface area (Å²) in [5.41, 5.74) is 10.9. The lowest BCUT2D eigenvalue weighted by Gasteiger charge is -2.23. The first kappa shape index (κ1) is 48.9. The molecule has 0 aromatic heterocycles. The van der Waals surface area contributed by atoms with Crippen molar-refractivity contribution in [1.29, 1.82) is 0 Å². The second-order valence-electron chi connectivity index (χ2n) is 11.6. The van der Waals surface area contributed by atoms with E-state index >= 15 is 0 Å². The molecule has 0 spiro atoms. The molecule has 0 aliphatic heterocycles. The minimum atomic E-state index is 0.830. The second-order valence-corrected chi connectivity index (χ2v) is 11.6. The van der Waals surface area contributed by atoms with Crippen LogP contribution >= 0.6 is 0 Å². The lowest BCUT2D eigenvalue weighted by molar-refractivity contribution is 0.367. The van der Waals surface area contributed by atoms with Crippen LogP contribution in [-0.2, 0) is 0 Å². The van der Waals surface area contributed by atoms with Crippen LogP contribution in [0.15, 0.2) is 83.1 Å². The van der Waals surface area contributed by atoms with Gasteiger partial charge in [0.1, 0.15) is 0 Å². The van der Waals surface area contributed by atoms with E-state index in [9.17, 15) is 0 Å². The Morgan fingerprint density at radius 1 is 0.854 bits per heavy atom. The second kappa shape index (κ2) is 32.7. The van der Waals surface area contributed by atoms with Gasteiger partial charge < -0.3 is 0 Å². The third kappa shape index (κ3) is 26.8. The first-order chi connectivity index (χ1) is 19.2. The van der Waals surface area contributed by atoms with Crippen molar-refractivity contribution >= 4 is 0 Å². The summed E-state index contributed by atoms with van der Waals surface area (Å²) < 4.78 is 0. The van der Waals surface area contributed by atoms with Gasteiger partial charge >= 0.3 is 0 Å². The van der Waals surface area contributed by atoms with Crippen LogP contribution in [0.5, 0.6) is 0 Å². The molecule has 0 amide bonds. The summed E-state index contributed by atoms with van der Waals surface area (Å²) in [5.74, 6) is 2.66. The van der Waals surface area contributed by atoms with Crippen LogP contribution < -0.4 is 0 Å². The number of rotatable bonds is 7. The third-order valence-corrected chi connectivity index (χ3v) is 7.65. The molecular formula is C41H78. The fraction of sp³-hybridized carbons (Fsp3) is 0.659. The van der Waals surface area contributed by atoms with Crippen molar-refractivity contribution in [3.8, 4) is 0 Å². The fourth-order valence-electron chi connectivity index (χ4n) is 3.72. The average molecular weight is 571 g/mol. The predicted octanol–water partition coefficient (Wildman–Crippen LogP) is 15.2. The monoisotopic (exact) mass is 571 g/mol. The molecule has 0 heteroatoms. The molecule has 3 unspecified atom stereocenters. The largest absolute Gasteiger partial charge is 0.106 e. The molecule has 0 radical (unpaired) electrons. The van der Waals surface area contributed by atoms with Crippen molar-refractivity contribution in [1.82, 2.24) is 0 Å². The molecule has 1 fully saturated rings. The van der Waals surface area contributed by atoms with Crippen molar-refractivity contribution in [3.05, 3.63) is 83.1 Å². The molecule has 1 aliphatic carbocycles. The molecular weight excluding hydrogens is 492 g/mol. The van der Waals surface area contributed by atoms with Gasteiger partial charge in [-0.3, -0.25) is 0 Å². The lowest BCUT2D eigenvalue weighted by atomic mass is 9.83. The average Bonchev–Trinajstić information content (AvgIpc) is 2.97. The first-order valence-corrected chi connectivity index (χ1v) is 16.7. The van der Waals surface area contributed by atoms with Crippen molar-refractivity contribution < 1.29 is 0 Å². The molecule has 1 rings (SSSR count). The molecule has 0 bridgehead atoms. The molecule has 0 N–H and O–H groups in total. The number of hydrogen-bond donors (Lipinski definition) is 0. The minimum Gasteiger partial charge on any atom is -0.106 e. The quantitative estimate of drug-likeness (QED) is 0.211. The highest BCUT2D eigenvalue weighted by Gasteiger charge is 2.15. The molecule has 0 aromatic carbocycles. The zero-order valence-corrected chi connectivity index (χ0v) is 31.7. The van der Waals surface area contributed by atoms with Crippen molar-refractivity contribution in [3.63, 3.8) is 0 Å². The van der Waals surface area contributed by atoms with E-state index in [1.165, 1.54) is 83.1 Å². The van der Waals surface area contributed by atoms with Crippen LogP contribution in [0.2, 0.25) is 0 Å². The van der Waals surface area contributed by atoms with E-state index in [1.807, 2.05) is 13.8 Å². The Hall–Kier alpha value is -1.82. The molecule has 1 saturated carbocycles. The lowest BCUT2D eigenvalue weighted by Crippen LogP contribution is -2.06. The van der Waals surface area contributed by atoms with Gasteiger partial charge in [-0.2, -0.15) is 0 Å². The van der Waals surface area contributed by atoms with Crippen molar-refractivity contribution in [2.24, 2.45) is 17.8 Å². The number of hydrogen-bond acceptors (Lipinski definition) is 0. The van der Waals surface area contributed by atoms with Gasteiger partial charge in [0.25, 0.3) is 0 Å². The smallest absolute Gasteiger partial charge is 0.0245 e. The Morgan fingerprint density at radius 3 is 1.56 bits per heavy atom. The van der Waals surface area contributed by atoms with Crippen molar-refractivity contribution in [2.45, 2.75) is 163 Å². The Kier molecular flexibility index (Phi) is 39.0. The van der Waals surface area contributed by atoms with Crippen LogP contribution in [0.3, 0.4) is 0 Å². The highest BCUT2D eigenvalue weighted by molar-refractivity contribution is 5.45. The van der Waals surface area contributed by atoms with Gasteiger partial charge in [-0.05, 0) is 114 Å². The summed E-state index contributed by atoms with van der Waals surface area (Å²) in [6, 6.07) is 0. The van der Waals surface area contributed by atoms with E-state index in [1.54, 1.807) is 0 Å². The van der Waals surface area contributed by atoms with Crippen LogP contribution in [0.1, 0.15) is 163 Å². The summed E-state index contributed by atoms with van der Waals surface area (Å²) >= 11 is 0. The minimum absolute atomic E-state index is 0.830. The van der Waals surface area contributed by atoms with E-state index < -0.39 is 0 Å². The van der Waals surface area contributed by atoms with Gasteiger partial charge in [0.2, 0.25) is 0 Å². The zero-order valence-electron chi connectivity index (χ0n) is 31.7. The van der Waals surface area contributed by atoms with Crippen molar-refractivity contribution in [2.75, 3.05) is 0 Å². The molecule has 1 aliphatic rings. The molecule has 242 valence electrons. The molecule has 0 saturated heterocycles. The Bertz CT molecular complexity index is 761. The van der Waals surface area contributed by atoms with Gasteiger partial charge in [-0.25, -0.2) is 0 Å². The van der Waals surface area contributed by atoms with E-state index in [2.05, 4.69) is 142 Å². The number of allylic oxidation sites excluding steroid dienone is 10. The highest BCUT2D eigenvalue weighted by atomic mass is 14.2. The standard InChI is InChI=1S/C14H22.C12H20.C8H18.C3H8.C2H6.C2H4/c1-10(2)13(5)9-14-8-11(3)6-7-12(14)4;1-7-10(5)12(8-2)11(6)9(3)4;1-5-7(3)8(4)6-2;1-3-2;2*1-2/h9,11H,4,6-8H2,1-3,5H3;8H,5,7H2,1-4,6H3;7-8H,5-6H2,1-4H3;3H2,1-2H3;1-2H3;1-2H2/b14-9-;12-8+;;;;. The summed E-state index contributed by atoms with van der Waals surface area (Å²) in [6.07, 6.45) is 13.1. The van der Waals surface area contributed by atoms with E-state index in [-0.39, 0.29) is 0 Å². The van der Waals surface area contributed by atoms with Gasteiger partial charge in [0, 0.05) is 0 Å².